The van der Waals surface area contributed by atoms with E-state index in [1.54, 1.807) is 0 Å². The molecule has 2 saturated carbocycles. The zero-order valence-electron chi connectivity index (χ0n) is 17.7. The largest absolute Gasteiger partial charge is 0.455 e. The van der Waals surface area contributed by atoms with E-state index in [4.69, 9.17) is 4.12 Å². The average Bonchev–Trinajstić information content (AvgIpc) is 2.42. The van der Waals surface area contributed by atoms with Crippen LogP contribution >= 0.6 is 0 Å². The molecule has 0 aromatic rings. The zero-order chi connectivity index (χ0) is 18.5. The molecule has 1 nitrogen and oxygen atoms in total. The van der Waals surface area contributed by atoms with Gasteiger partial charge in [-0.1, -0.05) is 37.1 Å². The Morgan fingerprint density at radius 1 is 0.720 bits per heavy atom. The van der Waals surface area contributed by atoms with Crippen LogP contribution in [0, 0.1) is 23.7 Å². The normalized spacial score (nSPS) is 30.6. The molecule has 2 aliphatic rings. The molecule has 0 radical (unpaired) electrons. The van der Waals surface area contributed by atoms with Crippen molar-refractivity contribution in [2.75, 3.05) is 0 Å². The molecule has 0 unspecified atom stereocenters. The van der Waals surface area contributed by atoms with Gasteiger partial charge in [-0.25, -0.2) is 0 Å². The molecule has 0 bridgehead atoms. The molecule has 2 rings (SSSR count). The molecule has 0 amide bonds. The summed E-state index contributed by atoms with van der Waals surface area (Å²) < 4.78 is 6.86. The molecule has 0 aromatic heterocycles. The van der Waals surface area contributed by atoms with Gasteiger partial charge in [-0.2, -0.15) is 0 Å². The highest BCUT2D eigenvalue weighted by atomic mass is 28.4. The van der Waals surface area contributed by atoms with Crippen LogP contribution in [0.4, 0.5) is 0 Å². The van der Waals surface area contributed by atoms with E-state index >= 15 is 0 Å². The minimum Gasteiger partial charge on any atom is -0.455 e. The van der Waals surface area contributed by atoms with Crippen molar-refractivity contribution in [3.05, 3.63) is 24.3 Å². The Kier molecular flexibility index (Phi) is 7.78. The summed E-state index contributed by atoms with van der Waals surface area (Å²) in [5, 5.41) is 0. The lowest BCUT2D eigenvalue weighted by atomic mass is 9.73. The minimum atomic E-state index is -1.48. The van der Waals surface area contributed by atoms with E-state index in [0.717, 1.165) is 23.7 Å². The van der Waals surface area contributed by atoms with Gasteiger partial charge in [0, 0.05) is 0 Å². The Morgan fingerprint density at radius 2 is 1.08 bits per heavy atom. The van der Waals surface area contributed by atoms with E-state index in [1.807, 2.05) is 0 Å². The second kappa shape index (κ2) is 9.19. The molecule has 0 N–H and O–H groups in total. The number of allylic oxidation sites excluding steroid dienone is 4. The Balaban J connectivity index is 1.64. The van der Waals surface area contributed by atoms with Crippen molar-refractivity contribution in [1.82, 2.24) is 0 Å². The zero-order valence-corrected chi connectivity index (χ0v) is 19.7. The molecule has 0 aromatic carbocycles. The Bertz CT molecular complexity index is 413. The summed E-state index contributed by atoms with van der Waals surface area (Å²) in [6.07, 6.45) is 17.7. The first-order valence-corrected chi connectivity index (χ1v) is 16.9. The van der Waals surface area contributed by atoms with Crippen molar-refractivity contribution in [2.24, 2.45) is 23.7 Å². The lowest BCUT2D eigenvalue weighted by Crippen LogP contribution is -2.45. The third-order valence-electron chi connectivity index (χ3n) is 6.34. The van der Waals surface area contributed by atoms with Crippen LogP contribution in [0.15, 0.2) is 24.3 Å². The summed E-state index contributed by atoms with van der Waals surface area (Å²) in [7, 11) is -2.96. The number of hydrogen-bond donors (Lipinski definition) is 0. The molecule has 25 heavy (non-hydrogen) atoms. The van der Waals surface area contributed by atoms with Crippen molar-refractivity contribution in [2.45, 2.75) is 90.6 Å². The first kappa shape index (κ1) is 21.2. The smallest absolute Gasteiger partial charge is 0.173 e. The Hall–Kier alpha value is -0.126. The maximum Gasteiger partial charge on any atom is 0.173 e. The summed E-state index contributed by atoms with van der Waals surface area (Å²) in [6.45, 7) is 14.2. The van der Waals surface area contributed by atoms with Gasteiger partial charge < -0.3 is 4.12 Å². The quantitative estimate of drug-likeness (QED) is 0.284. The predicted molar refractivity (Wildman–Crippen MR) is 117 cm³/mol. The van der Waals surface area contributed by atoms with E-state index < -0.39 is 16.6 Å². The standard InChI is InChI=1S/C22H42OSi2/c1-7-9-19-15-21(16-19)11-13-24(3,4)23-25(5,6)14-12-22-17-20(18-22)10-8-2/h7-10,19-22H,11-18H2,1-6H3/b9-7-,10-8-. The van der Waals surface area contributed by atoms with Crippen LogP contribution in [-0.4, -0.2) is 16.6 Å². The molecule has 0 spiro atoms. The second-order valence-electron chi connectivity index (χ2n) is 9.95. The van der Waals surface area contributed by atoms with E-state index in [0.29, 0.717) is 0 Å². The monoisotopic (exact) mass is 378 g/mol. The number of rotatable bonds is 10. The molecular formula is C22H42OSi2. The van der Waals surface area contributed by atoms with Gasteiger partial charge in [0.15, 0.2) is 16.6 Å². The maximum absolute atomic E-state index is 6.86. The SMILES string of the molecule is C/C=C\C1CC(CC[Si](C)(C)O[Si](C)(C)CCC2CC(/C=C\C)C2)C1. The Morgan fingerprint density at radius 3 is 1.40 bits per heavy atom. The molecular weight excluding hydrogens is 336 g/mol. The van der Waals surface area contributed by atoms with Crippen molar-refractivity contribution in [1.29, 1.82) is 0 Å². The number of hydrogen-bond acceptors (Lipinski definition) is 1. The van der Waals surface area contributed by atoms with Crippen LogP contribution in [0.25, 0.3) is 0 Å². The molecule has 144 valence electrons. The van der Waals surface area contributed by atoms with E-state index in [9.17, 15) is 0 Å². The molecule has 0 atom stereocenters. The molecule has 0 aliphatic heterocycles. The lowest BCUT2D eigenvalue weighted by Gasteiger charge is -2.39. The third kappa shape index (κ3) is 7.18. The molecule has 2 aliphatic carbocycles. The van der Waals surface area contributed by atoms with Gasteiger partial charge in [0.1, 0.15) is 0 Å². The molecule has 2 fully saturated rings. The van der Waals surface area contributed by atoms with Crippen LogP contribution in [0.5, 0.6) is 0 Å². The maximum atomic E-state index is 6.86. The fourth-order valence-electron chi connectivity index (χ4n) is 4.86. The first-order chi connectivity index (χ1) is 11.7. The summed E-state index contributed by atoms with van der Waals surface area (Å²) in [6, 6.07) is 2.73. The van der Waals surface area contributed by atoms with Gasteiger partial charge in [0.05, 0.1) is 0 Å². The van der Waals surface area contributed by atoms with Crippen LogP contribution in [-0.2, 0) is 4.12 Å². The van der Waals surface area contributed by atoms with Gasteiger partial charge in [0.25, 0.3) is 0 Å². The van der Waals surface area contributed by atoms with Gasteiger partial charge in [-0.05, 0) is 101 Å². The highest BCUT2D eigenvalue weighted by Gasteiger charge is 2.36. The molecule has 0 heterocycles. The van der Waals surface area contributed by atoms with Crippen LogP contribution < -0.4 is 0 Å². The highest BCUT2D eigenvalue weighted by Crippen LogP contribution is 2.41. The van der Waals surface area contributed by atoms with Gasteiger partial charge in [-0.3, -0.25) is 0 Å². The van der Waals surface area contributed by atoms with Crippen LogP contribution in [0.2, 0.25) is 38.3 Å². The van der Waals surface area contributed by atoms with Crippen LogP contribution in [0.1, 0.15) is 52.4 Å². The molecule has 0 saturated heterocycles. The van der Waals surface area contributed by atoms with Crippen molar-refractivity contribution in [3.8, 4) is 0 Å². The summed E-state index contributed by atoms with van der Waals surface area (Å²) in [4.78, 5) is 0. The fraction of sp³-hybridized carbons (Fsp3) is 0.818. The van der Waals surface area contributed by atoms with Crippen LogP contribution in [0.3, 0.4) is 0 Å². The predicted octanol–water partition coefficient (Wildman–Crippen LogP) is 7.40. The fourth-order valence-corrected chi connectivity index (χ4v) is 13.9. The van der Waals surface area contributed by atoms with Gasteiger partial charge >= 0.3 is 0 Å². The summed E-state index contributed by atoms with van der Waals surface area (Å²) in [5.74, 6) is 3.69. The van der Waals surface area contributed by atoms with Crippen molar-refractivity contribution in [3.63, 3.8) is 0 Å². The lowest BCUT2D eigenvalue weighted by molar-refractivity contribution is 0.228. The topological polar surface area (TPSA) is 9.23 Å². The molecule has 3 heteroatoms. The average molecular weight is 379 g/mol. The Labute approximate surface area is 159 Å². The van der Waals surface area contributed by atoms with Gasteiger partial charge in [-0.15, -0.1) is 0 Å². The minimum absolute atomic E-state index is 0.875. The first-order valence-electron chi connectivity index (χ1n) is 10.7. The van der Waals surface area contributed by atoms with E-state index in [-0.39, 0.29) is 0 Å². The summed E-state index contributed by atoms with van der Waals surface area (Å²) in [5.41, 5.74) is 0. The third-order valence-corrected chi connectivity index (χ3v) is 13.7. The van der Waals surface area contributed by atoms with Gasteiger partial charge in [0.2, 0.25) is 0 Å². The van der Waals surface area contributed by atoms with Crippen molar-refractivity contribution >= 4 is 16.6 Å². The summed E-state index contributed by atoms with van der Waals surface area (Å²) >= 11 is 0. The highest BCUT2D eigenvalue weighted by molar-refractivity contribution is 6.84. The van der Waals surface area contributed by atoms with E-state index in [1.165, 1.54) is 50.6 Å². The van der Waals surface area contributed by atoms with Crippen molar-refractivity contribution < 1.29 is 4.12 Å². The van der Waals surface area contributed by atoms with E-state index in [2.05, 4.69) is 64.3 Å². The second-order valence-corrected chi connectivity index (χ2v) is 18.8.